The van der Waals surface area contributed by atoms with Crippen LogP contribution in [0.1, 0.15) is 5.69 Å². The van der Waals surface area contributed by atoms with Crippen molar-refractivity contribution in [2.24, 2.45) is 0 Å². The summed E-state index contributed by atoms with van der Waals surface area (Å²) in [6, 6.07) is 0. The van der Waals surface area contributed by atoms with Gasteiger partial charge in [0.1, 0.15) is 18.3 Å². The van der Waals surface area contributed by atoms with E-state index in [4.69, 9.17) is 15.2 Å². The highest BCUT2D eigenvalue weighted by atomic mass is 16.7. The SMILES string of the molecule is Nc1cnc(CC2OC=CO2)cn1. The van der Waals surface area contributed by atoms with Gasteiger partial charge in [0.05, 0.1) is 24.5 Å². The largest absolute Gasteiger partial charge is 0.459 e. The van der Waals surface area contributed by atoms with Crippen molar-refractivity contribution in [3.63, 3.8) is 0 Å². The molecule has 1 aliphatic heterocycles. The first-order valence-corrected chi connectivity index (χ1v) is 3.87. The fourth-order valence-electron chi connectivity index (χ4n) is 1.01. The minimum absolute atomic E-state index is 0.280. The minimum Gasteiger partial charge on any atom is -0.459 e. The Labute approximate surface area is 75.2 Å². The van der Waals surface area contributed by atoms with Gasteiger partial charge >= 0.3 is 0 Å². The Morgan fingerprint density at radius 3 is 2.62 bits per heavy atom. The number of nitrogen functional groups attached to an aromatic ring is 1. The first kappa shape index (κ1) is 7.85. The summed E-state index contributed by atoms with van der Waals surface area (Å²) in [6.45, 7) is 0. The Kier molecular flexibility index (Phi) is 1.99. The van der Waals surface area contributed by atoms with Crippen molar-refractivity contribution in [3.05, 3.63) is 30.6 Å². The molecule has 0 unspecified atom stereocenters. The van der Waals surface area contributed by atoms with Gasteiger partial charge in [-0.3, -0.25) is 4.98 Å². The van der Waals surface area contributed by atoms with Gasteiger partial charge in [-0.2, -0.15) is 0 Å². The topological polar surface area (TPSA) is 70.3 Å². The minimum atomic E-state index is -0.280. The number of anilines is 1. The second-order valence-corrected chi connectivity index (χ2v) is 2.61. The van der Waals surface area contributed by atoms with E-state index in [9.17, 15) is 0 Å². The predicted molar refractivity (Wildman–Crippen MR) is 45.2 cm³/mol. The van der Waals surface area contributed by atoms with Gasteiger partial charge in [0.2, 0.25) is 6.29 Å². The molecule has 5 heteroatoms. The second kappa shape index (κ2) is 3.30. The average Bonchev–Trinajstić information content (AvgIpc) is 2.62. The molecule has 0 atom stereocenters. The quantitative estimate of drug-likeness (QED) is 0.713. The normalized spacial score (nSPS) is 15.4. The van der Waals surface area contributed by atoms with Gasteiger partial charge in [0, 0.05) is 0 Å². The zero-order chi connectivity index (χ0) is 9.10. The van der Waals surface area contributed by atoms with E-state index in [0.29, 0.717) is 12.2 Å². The van der Waals surface area contributed by atoms with E-state index in [1.165, 1.54) is 18.7 Å². The standard InChI is InChI=1S/C8H9N3O2/c9-7-5-10-6(4-11-7)3-8-12-1-2-13-8/h1-2,4-5,8H,3H2,(H2,9,11). The summed E-state index contributed by atoms with van der Waals surface area (Å²) in [7, 11) is 0. The lowest BCUT2D eigenvalue weighted by atomic mass is 10.3. The maximum Gasteiger partial charge on any atom is 0.245 e. The van der Waals surface area contributed by atoms with Gasteiger partial charge in [0.15, 0.2) is 0 Å². The molecule has 2 N–H and O–H groups in total. The molecular weight excluding hydrogens is 170 g/mol. The molecule has 2 heterocycles. The molecule has 0 aliphatic carbocycles. The summed E-state index contributed by atoms with van der Waals surface area (Å²) < 4.78 is 10.2. The molecule has 2 rings (SSSR count). The van der Waals surface area contributed by atoms with Crippen LogP contribution in [0.2, 0.25) is 0 Å². The molecule has 0 amide bonds. The third kappa shape index (κ3) is 1.87. The van der Waals surface area contributed by atoms with Gasteiger partial charge < -0.3 is 15.2 Å². The van der Waals surface area contributed by atoms with Gasteiger partial charge in [-0.1, -0.05) is 0 Å². The lowest BCUT2D eigenvalue weighted by Gasteiger charge is -2.08. The lowest BCUT2D eigenvalue weighted by Crippen LogP contribution is -2.12. The highest BCUT2D eigenvalue weighted by Gasteiger charge is 2.13. The molecule has 13 heavy (non-hydrogen) atoms. The summed E-state index contributed by atoms with van der Waals surface area (Å²) in [5.74, 6) is 0.412. The number of nitrogens with zero attached hydrogens (tertiary/aromatic N) is 2. The van der Waals surface area contributed by atoms with E-state index >= 15 is 0 Å². The van der Waals surface area contributed by atoms with Crippen LogP contribution in [-0.2, 0) is 15.9 Å². The molecule has 5 nitrogen and oxygen atoms in total. The van der Waals surface area contributed by atoms with Crippen LogP contribution < -0.4 is 5.73 Å². The van der Waals surface area contributed by atoms with Crippen LogP contribution in [0.3, 0.4) is 0 Å². The third-order valence-corrected chi connectivity index (χ3v) is 1.62. The van der Waals surface area contributed by atoms with Crippen LogP contribution >= 0.6 is 0 Å². The summed E-state index contributed by atoms with van der Waals surface area (Å²) in [4.78, 5) is 7.97. The van der Waals surface area contributed by atoms with Crippen LogP contribution in [0.5, 0.6) is 0 Å². The Hall–Kier alpha value is -1.78. The Bertz CT molecular complexity index is 302. The molecule has 0 bridgehead atoms. The fraction of sp³-hybridized carbons (Fsp3) is 0.250. The van der Waals surface area contributed by atoms with Crippen molar-refractivity contribution in [2.45, 2.75) is 12.7 Å². The van der Waals surface area contributed by atoms with Gasteiger partial charge in [0.25, 0.3) is 0 Å². The van der Waals surface area contributed by atoms with Crippen LogP contribution in [-0.4, -0.2) is 16.3 Å². The van der Waals surface area contributed by atoms with Crippen molar-refractivity contribution < 1.29 is 9.47 Å². The van der Waals surface area contributed by atoms with Crippen molar-refractivity contribution >= 4 is 5.82 Å². The first-order chi connectivity index (χ1) is 6.34. The molecule has 0 spiro atoms. The maximum atomic E-state index is 5.39. The van der Waals surface area contributed by atoms with Gasteiger partial charge in [-0.15, -0.1) is 0 Å². The van der Waals surface area contributed by atoms with Crippen molar-refractivity contribution in [1.82, 2.24) is 9.97 Å². The van der Waals surface area contributed by atoms with Gasteiger partial charge in [-0.05, 0) is 0 Å². The molecule has 0 radical (unpaired) electrons. The number of nitrogens with two attached hydrogens (primary N) is 1. The van der Waals surface area contributed by atoms with Crippen molar-refractivity contribution in [2.75, 3.05) is 5.73 Å². The average molecular weight is 179 g/mol. The number of hydrogen-bond acceptors (Lipinski definition) is 5. The second-order valence-electron chi connectivity index (χ2n) is 2.61. The third-order valence-electron chi connectivity index (χ3n) is 1.62. The molecule has 1 aromatic heterocycles. The van der Waals surface area contributed by atoms with E-state index in [0.717, 1.165) is 5.69 Å². The van der Waals surface area contributed by atoms with E-state index in [2.05, 4.69) is 9.97 Å². The first-order valence-electron chi connectivity index (χ1n) is 3.87. The number of aromatic nitrogens is 2. The van der Waals surface area contributed by atoms with E-state index in [1.807, 2.05) is 0 Å². The molecule has 0 saturated carbocycles. The van der Waals surface area contributed by atoms with E-state index in [-0.39, 0.29) is 6.29 Å². The van der Waals surface area contributed by atoms with Crippen LogP contribution in [0.15, 0.2) is 24.9 Å². The van der Waals surface area contributed by atoms with E-state index < -0.39 is 0 Å². The zero-order valence-corrected chi connectivity index (χ0v) is 6.88. The molecule has 0 fully saturated rings. The molecular formula is C8H9N3O2. The summed E-state index contributed by atoms with van der Waals surface area (Å²) in [5, 5.41) is 0. The Morgan fingerprint density at radius 1 is 1.23 bits per heavy atom. The summed E-state index contributed by atoms with van der Waals surface area (Å²) in [5.41, 5.74) is 6.18. The smallest absolute Gasteiger partial charge is 0.245 e. The highest BCUT2D eigenvalue weighted by Crippen LogP contribution is 2.10. The molecule has 0 saturated heterocycles. The van der Waals surface area contributed by atoms with Crippen molar-refractivity contribution in [1.29, 1.82) is 0 Å². The number of rotatable bonds is 2. The highest BCUT2D eigenvalue weighted by molar-refractivity contribution is 5.22. The molecule has 1 aliphatic rings. The number of hydrogen-bond donors (Lipinski definition) is 1. The summed E-state index contributed by atoms with van der Waals surface area (Å²) in [6.07, 6.45) is 6.43. The molecule has 1 aromatic rings. The number of ether oxygens (including phenoxy) is 2. The summed E-state index contributed by atoms with van der Waals surface area (Å²) >= 11 is 0. The zero-order valence-electron chi connectivity index (χ0n) is 6.88. The van der Waals surface area contributed by atoms with E-state index in [1.54, 1.807) is 6.20 Å². The maximum absolute atomic E-state index is 5.39. The predicted octanol–water partition coefficient (Wildman–Crippen LogP) is 0.445. The molecule has 68 valence electrons. The monoisotopic (exact) mass is 179 g/mol. The molecule has 0 aromatic carbocycles. The Balaban J connectivity index is 1.97. The lowest BCUT2D eigenvalue weighted by molar-refractivity contribution is -0.0216. The Morgan fingerprint density at radius 2 is 2.00 bits per heavy atom. The van der Waals surface area contributed by atoms with Crippen LogP contribution in [0, 0.1) is 0 Å². The fourth-order valence-corrected chi connectivity index (χ4v) is 1.01. The van der Waals surface area contributed by atoms with Crippen molar-refractivity contribution in [3.8, 4) is 0 Å². The van der Waals surface area contributed by atoms with Crippen LogP contribution in [0.25, 0.3) is 0 Å². The van der Waals surface area contributed by atoms with Crippen LogP contribution in [0.4, 0.5) is 5.82 Å². The van der Waals surface area contributed by atoms with Gasteiger partial charge in [-0.25, -0.2) is 4.98 Å².